The molecule has 0 aliphatic heterocycles. The van der Waals surface area contributed by atoms with E-state index < -0.39 is 5.63 Å². The number of benzene rings is 1. The number of rotatable bonds is 8. The average molecular weight is 361 g/mol. The number of nitrogens with one attached hydrogen (secondary N) is 1. The molecular formula is C19H23NO6. The Morgan fingerprint density at radius 3 is 2.65 bits per heavy atom. The standard InChI is InChI=1S/C19H23NO6/c1-12-14-7-6-13(24-2)11-16(14)26-19(23)15(12)8-9-17(21)20-10-4-5-18(22)25-3/h6-7,11H,4-5,8-10H2,1-3H3,(H,20,21). The van der Waals surface area contributed by atoms with Gasteiger partial charge >= 0.3 is 11.6 Å². The normalized spacial score (nSPS) is 10.6. The molecule has 0 spiro atoms. The number of carbonyl (C=O) groups is 2. The van der Waals surface area contributed by atoms with Gasteiger partial charge in [-0.3, -0.25) is 9.59 Å². The van der Waals surface area contributed by atoms with Crippen molar-refractivity contribution in [1.29, 1.82) is 0 Å². The number of fused-ring (bicyclic) bond motifs is 1. The summed E-state index contributed by atoms with van der Waals surface area (Å²) < 4.78 is 15.0. The molecule has 0 fully saturated rings. The Labute approximate surface area is 151 Å². The monoisotopic (exact) mass is 361 g/mol. The topological polar surface area (TPSA) is 94.8 Å². The van der Waals surface area contributed by atoms with Crippen LogP contribution in [0.2, 0.25) is 0 Å². The predicted molar refractivity (Wildman–Crippen MR) is 96.4 cm³/mol. The van der Waals surface area contributed by atoms with E-state index >= 15 is 0 Å². The van der Waals surface area contributed by atoms with Crippen LogP contribution < -0.4 is 15.7 Å². The minimum absolute atomic E-state index is 0.172. The van der Waals surface area contributed by atoms with Crippen molar-refractivity contribution in [3.05, 3.63) is 39.7 Å². The van der Waals surface area contributed by atoms with Crippen molar-refractivity contribution in [3.8, 4) is 5.75 Å². The van der Waals surface area contributed by atoms with E-state index in [0.29, 0.717) is 36.3 Å². The first-order chi connectivity index (χ1) is 12.5. The fourth-order valence-corrected chi connectivity index (χ4v) is 2.68. The van der Waals surface area contributed by atoms with Gasteiger partial charge in [0.1, 0.15) is 11.3 Å². The van der Waals surface area contributed by atoms with E-state index in [1.165, 1.54) is 7.11 Å². The number of amides is 1. The van der Waals surface area contributed by atoms with Crippen molar-refractivity contribution in [1.82, 2.24) is 5.32 Å². The molecule has 0 aliphatic carbocycles. The van der Waals surface area contributed by atoms with E-state index in [0.717, 1.165) is 10.9 Å². The lowest BCUT2D eigenvalue weighted by Crippen LogP contribution is -2.26. The maximum atomic E-state index is 12.2. The average Bonchev–Trinajstić information content (AvgIpc) is 2.64. The summed E-state index contributed by atoms with van der Waals surface area (Å²) in [4.78, 5) is 35.2. The number of hydrogen-bond acceptors (Lipinski definition) is 6. The van der Waals surface area contributed by atoms with Crippen molar-refractivity contribution in [2.24, 2.45) is 0 Å². The van der Waals surface area contributed by atoms with Gasteiger partial charge in [0, 0.05) is 36.4 Å². The highest BCUT2D eigenvalue weighted by atomic mass is 16.5. The molecule has 0 saturated heterocycles. The quantitative estimate of drug-likeness (QED) is 0.440. The van der Waals surface area contributed by atoms with Gasteiger partial charge in [0.25, 0.3) is 0 Å². The maximum absolute atomic E-state index is 12.2. The molecule has 2 aromatic rings. The van der Waals surface area contributed by atoms with E-state index in [1.54, 1.807) is 19.2 Å². The van der Waals surface area contributed by atoms with Crippen LogP contribution in [0.25, 0.3) is 11.0 Å². The van der Waals surface area contributed by atoms with Gasteiger partial charge in [0.2, 0.25) is 5.91 Å². The molecule has 1 N–H and O–H groups in total. The minimum atomic E-state index is -0.443. The Hall–Kier alpha value is -2.83. The Morgan fingerprint density at radius 1 is 1.19 bits per heavy atom. The van der Waals surface area contributed by atoms with E-state index in [-0.39, 0.29) is 24.7 Å². The summed E-state index contributed by atoms with van der Waals surface area (Å²) in [5.41, 5.74) is 1.31. The maximum Gasteiger partial charge on any atom is 0.339 e. The summed E-state index contributed by atoms with van der Waals surface area (Å²) >= 11 is 0. The second kappa shape index (κ2) is 9.03. The first-order valence-electron chi connectivity index (χ1n) is 8.40. The molecule has 0 radical (unpaired) electrons. The van der Waals surface area contributed by atoms with Crippen LogP contribution in [0.5, 0.6) is 5.75 Å². The minimum Gasteiger partial charge on any atom is -0.497 e. The third kappa shape index (κ3) is 4.84. The highest BCUT2D eigenvalue weighted by Gasteiger charge is 2.13. The Morgan fingerprint density at radius 2 is 1.96 bits per heavy atom. The zero-order valence-corrected chi connectivity index (χ0v) is 15.2. The molecular weight excluding hydrogens is 338 g/mol. The van der Waals surface area contributed by atoms with Crippen LogP contribution in [0.1, 0.15) is 30.4 Å². The summed E-state index contributed by atoms with van der Waals surface area (Å²) in [5, 5.41) is 3.55. The SMILES string of the molecule is COC(=O)CCCNC(=O)CCc1c(C)c2ccc(OC)cc2oc1=O. The van der Waals surface area contributed by atoms with E-state index in [4.69, 9.17) is 9.15 Å². The predicted octanol–water partition coefficient (Wildman–Crippen LogP) is 2.11. The second-order valence-electron chi connectivity index (χ2n) is 5.88. The summed E-state index contributed by atoms with van der Waals surface area (Å²) in [5.74, 6) is 0.128. The van der Waals surface area contributed by atoms with Gasteiger partial charge in [-0.05, 0) is 37.5 Å². The van der Waals surface area contributed by atoms with Crippen LogP contribution in [-0.2, 0) is 20.7 Å². The Kier molecular flexibility index (Phi) is 6.77. The first-order valence-corrected chi connectivity index (χ1v) is 8.40. The summed E-state index contributed by atoms with van der Waals surface area (Å²) in [6.07, 6.45) is 1.23. The van der Waals surface area contributed by atoms with Crippen LogP contribution in [-0.4, -0.2) is 32.6 Å². The van der Waals surface area contributed by atoms with Gasteiger partial charge in [-0.1, -0.05) is 0 Å². The van der Waals surface area contributed by atoms with E-state index in [9.17, 15) is 14.4 Å². The van der Waals surface area contributed by atoms with Gasteiger partial charge in [-0.25, -0.2) is 4.79 Å². The van der Waals surface area contributed by atoms with Crippen molar-refractivity contribution < 1.29 is 23.5 Å². The fraction of sp³-hybridized carbons (Fsp3) is 0.421. The summed E-state index contributed by atoms with van der Waals surface area (Å²) in [6.45, 7) is 2.23. The molecule has 1 aromatic heterocycles. The molecule has 2 rings (SSSR count). The zero-order valence-electron chi connectivity index (χ0n) is 15.2. The third-order valence-electron chi connectivity index (χ3n) is 4.20. The molecule has 26 heavy (non-hydrogen) atoms. The number of ether oxygens (including phenoxy) is 2. The zero-order chi connectivity index (χ0) is 19.1. The van der Waals surface area contributed by atoms with Crippen molar-refractivity contribution >= 4 is 22.8 Å². The number of aryl methyl sites for hydroxylation is 1. The van der Waals surface area contributed by atoms with Gasteiger partial charge in [0.05, 0.1) is 14.2 Å². The molecule has 140 valence electrons. The van der Waals surface area contributed by atoms with Crippen LogP contribution in [0.15, 0.2) is 27.4 Å². The van der Waals surface area contributed by atoms with Crippen molar-refractivity contribution in [2.75, 3.05) is 20.8 Å². The number of hydrogen-bond donors (Lipinski definition) is 1. The molecule has 0 saturated carbocycles. The first kappa shape index (κ1) is 19.5. The van der Waals surface area contributed by atoms with Crippen molar-refractivity contribution in [2.45, 2.75) is 32.6 Å². The highest BCUT2D eigenvalue weighted by molar-refractivity contribution is 5.82. The number of esters is 1. The van der Waals surface area contributed by atoms with Gasteiger partial charge < -0.3 is 19.2 Å². The molecule has 7 heteroatoms. The number of methoxy groups -OCH3 is 2. The van der Waals surface area contributed by atoms with Gasteiger partial charge in [0.15, 0.2) is 0 Å². The lowest BCUT2D eigenvalue weighted by atomic mass is 10.0. The van der Waals surface area contributed by atoms with E-state index in [1.807, 2.05) is 13.0 Å². The largest absolute Gasteiger partial charge is 0.497 e. The summed E-state index contributed by atoms with van der Waals surface area (Å²) in [7, 11) is 2.87. The lowest BCUT2D eigenvalue weighted by molar-refractivity contribution is -0.140. The van der Waals surface area contributed by atoms with Gasteiger partial charge in [-0.15, -0.1) is 0 Å². The van der Waals surface area contributed by atoms with Crippen LogP contribution >= 0.6 is 0 Å². The molecule has 7 nitrogen and oxygen atoms in total. The molecule has 0 unspecified atom stereocenters. The van der Waals surface area contributed by atoms with Crippen LogP contribution in [0.4, 0.5) is 0 Å². The lowest BCUT2D eigenvalue weighted by Gasteiger charge is -2.09. The molecule has 1 amide bonds. The molecule has 1 aromatic carbocycles. The Bertz CT molecular complexity index is 855. The Balaban J connectivity index is 1.99. The molecule has 0 bridgehead atoms. The van der Waals surface area contributed by atoms with Gasteiger partial charge in [-0.2, -0.15) is 0 Å². The highest BCUT2D eigenvalue weighted by Crippen LogP contribution is 2.24. The van der Waals surface area contributed by atoms with Crippen LogP contribution in [0.3, 0.4) is 0 Å². The van der Waals surface area contributed by atoms with Crippen molar-refractivity contribution in [3.63, 3.8) is 0 Å². The molecule has 0 atom stereocenters. The summed E-state index contributed by atoms with van der Waals surface area (Å²) in [6, 6.07) is 5.30. The second-order valence-corrected chi connectivity index (χ2v) is 5.88. The van der Waals surface area contributed by atoms with E-state index in [2.05, 4.69) is 10.1 Å². The third-order valence-corrected chi connectivity index (χ3v) is 4.20. The number of carbonyl (C=O) groups excluding carboxylic acids is 2. The van der Waals surface area contributed by atoms with Crippen LogP contribution in [0, 0.1) is 6.92 Å². The molecule has 1 heterocycles. The smallest absolute Gasteiger partial charge is 0.339 e. The molecule has 0 aliphatic rings. The fourth-order valence-electron chi connectivity index (χ4n) is 2.68.